The van der Waals surface area contributed by atoms with Gasteiger partial charge in [0.15, 0.2) is 0 Å². The van der Waals surface area contributed by atoms with Gasteiger partial charge in [0.05, 0.1) is 35.1 Å². The fourth-order valence-corrected chi connectivity index (χ4v) is 5.80. The summed E-state index contributed by atoms with van der Waals surface area (Å²) in [4.78, 5) is 25.7. The second kappa shape index (κ2) is 12.0. The zero-order valence-corrected chi connectivity index (χ0v) is 24.7. The van der Waals surface area contributed by atoms with E-state index in [2.05, 4.69) is 42.5 Å². The Morgan fingerprint density at radius 1 is 0.641 bits per heavy atom. The van der Waals surface area contributed by atoms with E-state index in [-0.39, 0.29) is 32.3 Å². The van der Waals surface area contributed by atoms with E-state index in [9.17, 15) is 18.0 Å². The molecule has 0 heterocycles. The van der Waals surface area contributed by atoms with E-state index >= 15 is 0 Å². The Kier molecular flexibility index (Phi) is 8.73. The molecule has 4 aromatic rings. The van der Waals surface area contributed by atoms with Gasteiger partial charge in [-0.3, -0.25) is 9.59 Å². The van der Waals surface area contributed by atoms with E-state index in [1.807, 2.05) is 0 Å². The van der Waals surface area contributed by atoms with Crippen LogP contribution in [-0.4, -0.2) is 34.5 Å². The first-order valence-electron chi connectivity index (χ1n) is 11.4. The highest BCUT2D eigenvalue weighted by Crippen LogP contribution is 2.29. The molecule has 0 bridgehead atoms. The minimum absolute atomic E-state index is 0.0290. The van der Waals surface area contributed by atoms with Gasteiger partial charge in [0.25, 0.3) is 11.8 Å². The largest absolute Gasteiger partial charge is 0.496 e. The van der Waals surface area contributed by atoms with E-state index in [0.717, 1.165) is 0 Å². The third-order valence-electron chi connectivity index (χ3n) is 5.62. The lowest BCUT2D eigenvalue weighted by Crippen LogP contribution is -2.14. The maximum Gasteiger partial charge on any atom is 0.259 e. The molecule has 2 amide bonds. The summed E-state index contributed by atoms with van der Waals surface area (Å²) in [5.74, 6) is -0.177. The van der Waals surface area contributed by atoms with Crippen molar-refractivity contribution in [2.45, 2.75) is 9.79 Å². The molecule has 0 aromatic heterocycles. The summed E-state index contributed by atoms with van der Waals surface area (Å²) in [6.07, 6.45) is 0. The number of hydrogen-bond acceptors (Lipinski definition) is 6. The standard InChI is InChI=1S/C28H22Br2N2O6S/c1-37-25-11-9-17(29)13-23(25)27(33)31-19-5-3-7-21(15-19)39(35,36)22-8-4-6-20(16-22)32-28(34)24-14-18(30)10-12-26(24)38-2/h3-16H,1-2H3,(H,31,33)(H,32,34). The maximum atomic E-state index is 13.5. The molecule has 4 rings (SSSR count). The van der Waals surface area contributed by atoms with E-state index in [4.69, 9.17) is 9.47 Å². The molecule has 0 unspecified atom stereocenters. The number of halogens is 2. The summed E-state index contributed by atoms with van der Waals surface area (Å²) in [5.41, 5.74) is 1.14. The molecule has 39 heavy (non-hydrogen) atoms. The zero-order chi connectivity index (χ0) is 28.2. The predicted molar refractivity (Wildman–Crippen MR) is 156 cm³/mol. The molecule has 0 aliphatic rings. The molecular formula is C28H22Br2N2O6S. The Balaban J connectivity index is 1.58. The first kappa shape index (κ1) is 28.3. The number of amides is 2. The lowest BCUT2D eigenvalue weighted by molar-refractivity contribution is 0.101. The molecule has 4 aromatic carbocycles. The average molecular weight is 674 g/mol. The van der Waals surface area contributed by atoms with Crippen LogP contribution in [0.15, 0.2) is 104 Å². The number of carbonyl (C=O) groups excluding carboxylic acids is 2. The number of sulfone groups is 1. The van der Waals surface area contributed by atoms with Crippen LogP contribution in [0.4, 0.5) is 11.4 Å². The summed E-state index contributed by atoms with van der Waals surface area (Å²) >= 11 is 6.67. The van der Waals surface area contributed by atoms with Gasteiger partial charge in [-0.2, -0.15) is 0 Å². The van der Waals surface area contributed by atoms with Crippen molar-refractivity contribution in [2.24, 2.45) is 0 Å². The molecule has 0 saturated heterocycles. The maximum absolute atomic E-state index is 13.5. The van der Waals surface area contributed by atoms with Crippen LogP contribution in [0.5, 0.6) is 11.5 Å². The van der Waals surface area contributed by atoms with Crippen molar-refractivity contribution >= 4 is 64.9 Å². The molecule has 0 aliphatic carbocycles. The van der Waals surface area contributed by atoms with Crippen molar-refractivity contribution in [2.75, 3.05) is 24.9 Å². The number of rotatable bonds is 8. The van der Waals surface area contributed by atoms with E-state index in [1.54, 1.807) is 48.5 Å². The third-order valence-corrected chi connectivity index (χ3v) is 8.35. The number of hydrogen-bond donors (Lipinski definition) is 2. The van der Waals surface area contributed by atoms with Gasteiger partial charge in [-0.15, -0.1) is 0 Å². The van der Waals surface area contributed by atoms with Crippen molar-refractivity contribution in [1.82, 2.24) is 0 Å². The fraction of sp³-hybridized carbons (Fsp3) is 0.0714. The van der Waals surface area contributed by atoms with E-state index in [1.165, 1.54) is 50.6 Å². The van der Waals surface area contributed by atoms with Crippen molar-refractivity contribution < 1.29 is 27.5 Å². The minimum Gasteiger partial charge on any atom is -0.496 e. The summed E-state index contributed by atoms with van der Waals surface area (Å²) < 4.78 is 38.8. The molecule has 200 valence electrons. The van der Waals surface area contributed by atoms with Gasteiger partial charge in [0.1, 0.15) is 11.5 Å². The molecular weight excluding hydrogens is 652 g/mol. The van der Waals surface area contributed by atoms with Crippen LogP contribution in [0.25, 0.3) is 0 Å². The number of ether oxygens (including phenoxy) is 2. The van der Waals surface area contributed by atoms with E-state index < -0.39 is 21.7 Å². The smallest absolute Gasteiger partial charge is 0.259 e. The predicted octanol–water partition coefficient (Wildman–Crippen LogP) is 6.57. The van der Waals surface area contributed by atoms with Gasteiger partial charge in [0, 0.05) is 20.3 Å². The Labute approximate surface area is 242 Å². The second-order valence-corrected chi connectivity index (χ2v) is 11.9. The van der Waals surface area contributed by atoms with Crippen molar-refractivity contribution in [1.29, 1.82) is 0 Å². The number of anilines is 2. The highest BCUT2D eigenvalue weighted by molar-refractivity contribution is 9.10. The fourth-order valence-electron chi connectivity index (χ4n) is 3.73. The van der Waals surface area contributed by atoms with Crippen LogP contribution >= 0.6 is 31.9 Å². The van der Waals surface area contributed by atoms with Crippen LogP contribution in [0.2, 0.25) is 0 Å². The van der Waals surface area contributed by atoms with Crippen molar-refractivity contribution in [3.8, 4) is 11.5 Å². The van der Waals surface area contributed by atoms with Crippen molar-refractivity contribution in [3.05, 3.63) is 105 Å². The summed E-state index contributed by atoms with van der Waals surface area (Å²) in [5, 5.41) is 5.44. The van der Waals surface area contributed by atoms with Crippen LogP contribution in [0.1, 0.15) is 20.7 Å². The molecule has 2 N–H and O–H groups in total. The van der Waals surface area contributed by atoms with Gasteiger partial charge in [-0.1, -0.05) is 44.0 Å². The molecule has 0 radical (unpaired) electrons. The number of nitrogens with one attached hydrogen (secondary N) is 2. The van der Waals surface area contributed by atoms with Crippen LogP contribution < -0.4 is 20.1 Å². The Morgan fingerprint density at radius 2 is 1.05 bits per heavy atom. The Morgan fingerprint density at radius 3 is 1.44 bits per heavy atom. The summed E-state index contributed by atoms with van der Waals surface area (Å²) in [6.45, 7) is 0. The molecule has 0 atom stereocenters. The number of carbonyl (C=O) groups is 2. The SMILES string of the molecule is COc1ccc(Br)cc1C(=O)Nc1cccc(S(=O)(=O)c2cccc(NC(=O)c3cc(Br)ccc3OC)c2)c1. The normalized spacial score (nSPS) is 11.0. The molecule has 0 saturated carbocycles. The number of benzene rings is 4. The molecule has 11 heteroatoms. The van der Waals surface area contributed by atoms with Crippen LogP contribution in [-0.2, 0) is 9.84 Å². The molecule has 0 aliphatic heterocycles. The lowest BCUT2D eigenvalue weighted by Gasteiger charge is -2.12. The van der Waals surface area contributed by atoms with E-state index in [0.29, 0.717) is 20.4 Å². The highest BCUT2D eigenvalue weighted by atomic mass is 79.9. The molecule has 8 nitrogen and oxygen atoms in total. The second-order valence-electron chi connectivity index (χ2n) is 8.16. The quantitative estimate of drug-likeness (QED) is 0.219. The third kappa shape index (κ3) is 6.49. The van der Waals surface area contributed by atoms with Gasteiger partial charge < -0.3 is 20.1 Å². The zero-order valence-electron chi connectivity index (χ0n) is 20.7. The van der Waals surface area contributed by atoms with Gasteiger partial charge >= 0.3 is 0 Å². The lowest BCUT2D eigenvalue weighted by atomic mass is 10.2. The average Bonchev–Trinajstić information content (AvgIpc) is 2.93. The summed E-state index contributed by atoms with van der Waals surface area (Å²) in [6, 6.07) is 21.9. The molecule has 0 fully saturated rings. The minimum atomic E-state index is -3.99. The topological polar surface area (TPSA) is 111 Å². The molecule has 0 spiro atoms. The van der Waals surface area contributed by atoms with Crippen LogP contribution in [0.3, 0.4) is 0 Å². The van der Waals surface area contributed by atoms with Gasteiger partial charge in [-0.25, -0.2) is 8.42 Å². The van der Waals surface area contributed by atoms with Gasteiger partial charge in [0.2, 0.25) is 9.84 Å². The Hall–Kier alpha value is -3.67. The first-order valence-corrected chi connectivity index (χ1v) is 14.4. The van der Waals surface area contributed by atoms with Crippen molar-refractivity contribution in [3.63, 3.8) is 0 Å². The Bertz CT molecular complexity index is 1560. The summed E-state index contributed by atoms with van der Waals surface area (Å²) in [7, 11) is -1.08. The number of methoxy groups -OCH3 is 2. The van der Waals surface area contributed by atoms with Crippen LogP contribution in [0, 0.1) is 0 Å². The first-order chi connectivity index (χ1) is 18.6. The monoisotopic (exact) mass is 672 g/mol. The highest BCUT2D eigenvalue weighted by Gasteiger charge is 2.21. The van der Waals surface area contributed by atoms with Gasteiger partial charge in [-0.05, 0) is 72.8 Å².